The summed E-state index contributed by atoms with van der Waals surface area (Å²) in [5.41, 5.74) is 1.29. The Morgan fingerprint density at radius 3 is 2.89 bits per heavy atom. The third-order valence-corrected chi connectivity index (χ3v) is 3.50. The van der Waals surface area contributed by atoms with Gasteiger partial charge >= 0.3 is 0 Å². The van der Waals surface area contributed by atoms with Gasteiger partial charge in [-0.15, -0.1) is 0 Å². The fraction of sp³-hybridized carbons (Fsp3) is 0.643. The van der Waals surface area contributed by atoms with E-state index in [9.17, 15) is 0 Å². The maximum Gasteiger partial charge on any atom is 0.130 e. The Kier molecular flexibility index (Phi) is 4.96. The number of hydrogen-bond acceptors (Lipinski definition) is 4. The van der Waals surface area contributed by atoms with Crippen molar-refractivity contribution in [2.75, 3.05) is 32.1 Å². The number of rotatable bonds is 5. The maximum atomic E-state index is 5.40. The van der Waals surface area contributed by atoms with E-state index in [0.717, 1.165) is 44.8 Å². The number of nitrogens with one attached hydrogen (secondary N) is 1. The van der Waals surface area contributed by atoms with E-state index in [4.69, 9.17) is 4.74 Å². The molecule has 2 heterocycles. The second-order valence-electron chi connectivity index (χ2n) is 4.75. The van der Waals surface area contributed by atoms with Gasteiger partial charge in [0.25, 0.3) is 0 Å². The summed E-state index contributed by atoms with van der Waals surface area (Å²) in [6, 6.07) is 4.17. The number of ether oxygens (including phenoxy) is 1. The van der Waals surface area contributed by atoms with Crippen LogP contribution in [0.4, 0.5) is 5.82 Å². The standard InChI is InChI=1S/C14H23N3O/c1-3-15-14-12(5-4-8-16-14)11-17-9-6-13(18-2)7-10-17/h4-5,8,13H,3,6-7,9-11H2,1-2H3,(H,15,16). The zero-order valence-corrected chi connectivity index (χ0v) is 11.4. The van der Waals surface area contributed by atoms with Crippen LogP contribution in [0.15, 0.2) is 18.3 Å². The van der Waals surface area contributed by atoms with Crippen molar-refractivity contribution in [3.63, 3.8) is 0 Å². The third kappa shape index (κ3) is 3.43. The summed E-state index contributed by atoms with van der Waals surface area (Å²) < 4.78 is 5.40. The lowest BCUT2D eigenvalue weighted by Gasteiger charge is -2.31. The molecule has 18 heavy (non-hydrogen) atoms. The van der Waals surface area contributed by atoms with Crippen LogP contribution in [0, 0.1) is 0 Å². The molecule has 100 valence electrons. The van der Waals surface area contributed by atoms with Crippen LogP contribution in [0.25, 0.3) is 0 Å². The lowest BCUT2D eigenvalue weighted by molar-refractivity contribution is 0.0389. The molecule has 1 aromatic rings. The van der Waals surface area contributed by atoms with Crippen LogP contribution in [-0.4, -0.2) is 42.7 Å². The number of piperidine rings is 1. The van der Waals surface area contributed by atoms with Crippen molar-refractivity contribution in [1.29, 1.82) is 0 Å². The fourth-order valence-electron chi connectivity index (χ4n) is 2.44. The number of pyridine rings is 1. The average molecular weight is 249 g/mol. The Balaban J connectivity index is 1.93. The molecular formula is C14H23N3O. The van der Waals surface area contributed by atoms with Gasteiger partial charge < -0.3 is 10.1 Å². The van der Waals surface area contributed by atoms with Crippen molar-refractivity contribution in [3.8, 4) is 0 Å². The summed E-state index contributed by atoms with van der Waals surface area (Å²) in [4.78, 5) is 6.88. The van der Waals surface area contributed by atoms with Gasteiger partial charge in [-0.1, -0.05) is 6.07 Å². The van der Waals surface area contributed by atoms with E-state index in [1.54, 1.807) is 0 Å². The van der Waals surface area contributed by atoms with Crippen LogP contribution >= 0.6 is 0 Å². The second-order valence-corrected chi connectivity index (χ2v) is 4.75. The van der Waals surface area contributed by atoms with E-state index in [0.29, 0.717) is 6.10 Å². The lowest BCUT2D eigenvalue weighted by atomic mass is 10.1. The van der Waals surface area contributed by atoms with Crippen LogP contribution < -0.4 is 5.32 Å². The summed E-state index contributed by atoms with van der Waals surface area (Å²) in [6.45, 7) is 6.21. The molecule has 0 radical (unpaired) electrons. The molecule has 1 fully saturated rings. The minimum absolute atomic E-state index is 0.448. The molecule has 0 aliphatic carbocycles. The van der Waals surface area contributed by atoms with Crippen LogP contribution in [0.5, 0.6) is 0 Å². The molecule has 2 rings (SSSR count). The van der Waals surface area contributed by atoms with E-state index in [1.807, 2.05) is 19.4 Å². The first kappa shape index (κ1) is 13.3. The molecule has 0 bridgehead atoms. The minimum Gasteiger partial charge on any atom is -0.381 e. The maximum absolute atomic E-state index is 5.40. The Bertz CT molecular complexity index is 362. The molecule has 0 unspecified atom stereocenters. The Morgan fingerprint density at radius 1 is 1.44 bits per heavy atom. The first-order valence-corrected chi connectivity index (χ1v) is 6.76. The fourth-order valence-corrected chi connectivity index (χ4v) is 2.44. The zero-order chi connectivity index (χ0) is 12.8. The molecule has 4 nitrogen and oxygen atoms in total. The van der Waals surface area contributed by atoms with E-state index in [2.05, 4.69) is 28.2 Å². The number of aromatic nitrogens is 1. The molecule has 1 aliphatic rings. The SMILES string of the molecule is CCNc1ncccc1CN1CCC(OC)CC1. The molecule has 0 atom stereocenters. The molecule has 0 spiro atoms. The topological polar surface area (TPSA) is 37.4 Å². The molecule has 4 heteroatoms. The van der Waals surface area contributed by atoms with Crippen molar-refractivity contribution in [3.05, 3.63) is 23.9 Å². The van der Waals surface area contributed by atoms with E-state index in [1.165, 1.54) is 5.56 Å². The van der Waals surface area contributed by atoms with E-state index >= 15 is 0 Å². The molecular weight excluding hydrogens is 226 g/mol. The van der Waals surface area contributed by atoms with Crippen molar-refractivity contribution in [2.45, 2.75) is 32.4 Å². The van der Waals surface area contributed by atoms with Crippen molar-refractivity contribution in [1.82, 2.24) is 9.88 Å². The van der Waals surface area contributed by atoms with Gasteiger partial charge in [-0.05, 0) is 25.8 Å². The highest BCUT2D eigenvalue weighted by atomic mass is 16.5. The van der Waals surface area contributed by atoms with Crippen LogP contribution in [0.1, 0.15) is 25.3 Å². The van der Waals surface area contributed by atoms with Gasteiger partial charge in [0.05, 0.1) is 6.10 Å². The number of hydrogen-bond donors (Lipinski definition) is 1. The van der Waals surface area contributed by atoms with Gasteiger partial charge in [0, 0.05) is 45.0 Å². The van der Waals surface area contributed by atoms with Crippen LogP contribution in [-0.2, 0) is 11.3 Å². The molecule has 1 aromatic heterocycles. The van der Waals surface area contributed by atoms with Crippen LogP contribution in [0.2, 0.25) is 0 Å². The van der Waals surface area contributed by atoms with Gasteiger partial charge in [-0.3, -0.25) is 4.90 Å². The number of likely N-dealkylation sites (tertiary alicyclic amines) is 1. The van der Waals surface area contributed by atoms with Crippen molar-refractivity contribution < 1.29 is 4.74 Å². The Labute approximate surface area is 109 Å². The van der Waals surface area contributed by atoms with Gasteiger partial charge in [0.15, 0.2) is 0 Å². The third-order valence-electron chi connectivity index (χ3n) is 3.50. The van der Waals surface area contributed by atoms with Gasteiger partial charge in [0.2, 0.25) is 0 Å². The summed E-state index contributed by atoms with van der Waals surface area (Å²) in [7, 11) is 1.81. The predicted octanol–water partition coefficient (Wildman–Crippen LogP) is 2.12. The number of anilines is 1. The predicted molar refractivity (Wildman–Crippen MR) is 73.7 cm³/mol. The molecule has 1 saturated heterocycles. The monoisotopic (exact) mass is 249 g/mol. The van der Waals surface area contributed by atoms with E-state index in [-0.39, 0.29) is 0 Å². The zero-order valence-electron chi connectivity index (χ0n) is 11.4. The second kappa shape index (κ2) is 6.71. The highest BCUT2D eigenvalue weighted by Crippen LogP contribution is 2.18. The summed E-state index contributed by atoms with van der Waals surface area (Å²) in [5, 5.41) is 3.32. The first-order chi connectivity index (χ1) is 8.83. The minimum atomic E-state index is 0.448. The molecule has 0 amide bonds. The average Bonchev–Trinajstić information content (AvgIpc) is 2.42. The summed E-state index contributed by atoms with van der Waals surface area (Å²) in [6.07, 6.45) is 4.56. The molecule has 1 N–H and O–H groups in total. The lowest BCUT2D eigenvalue weighted by Crippen LogP contribution is -2.36. The highest BCUT2D eigenvalue weighted by molar-refractivity contribution is 5.43. The molecule has 0 aromatic carbocycles. The summed E-state index contributed by atoms with van der Waals surface area (Å²) >= 11 is 0. The largest absolute Gasteiger partial charge is 0.381 e. The van der Waals surface area contributed by atoms with Crippen LogP contribution in [0.3, 0.4) is 0 Å². The van der Waals surface area contributed by atoms with Gasteiger partial charge in [-0.25, -0.2) is 4.98 Å². The molecule has 0 saturated carbocycles. The Hall–Kier alpha value is -1.13. The Morgan fingerprint density at radius 2 is 2.22 bits per heavy atom. The van der Waals surface area contributed by atoms with Crippen molar-refractivity contribution in [2.24, 2.45) is 0 Å². The number of methoxy groups -OCH3 is 1. The van der Waals surface area contributed by atoms with Gasteiger partial charge in [0.1, 0.15) is 5.82 Å². The number of nitrogens with zero attached hydrogens (tertiary/aromatic N) is 2. The normalized spacial score (nSPS) is 17.9. The summed E-state index contributed by atoms with van der Waals surface area (Å²) in [5.74, 6) is 1.02. The van der Waals surface area contributed by atoms with Gasteiger partial charge in [-0.2, -0.15) is 0 Å². The van der Waals surface area contributed by atoms with E-state index < -0.39 is 0 Å². The molecule has 1 aliphatic heterocycles. The smallest absolute Gasteiger partial charge is 0.130 e. The highest BCUT2D eigenvalue weighted by Gasteiger charge is 2.19. The quantitative estimate of drug-likeness (QED) is 0.867. The van der Waals surface area contributed by atoms with Crippen molar-refractivity contribution >= 4 is 5.82 Å². The first-order valence-electron chi connectivity index (χ1n) is 6.76.